The molecule has 0 atom stereocenters. The second kappa shape index (κ2) is 6.22. The normalized spacial score (nSPS) is 11.0. The Kier molecular flexibility index (Phi) is 3.97. The first kappa shape index (κ1) is 14.0. The average Bonchev–Trinajstić information content (AvgIpc) is 2.53. The molecule has 108 valence electrons. The Bertz CT molecular complexity index is 847. The van der Waals surface area contributed by atoms with Crippen LogP contribution in [0.5, 0.6) is 5.75 Å². The molecular weight excluding hydrogens is 274 g/mol. The third kappa shape index (κ3) is 3.04. The minimum atomic E-state index is -0.330. The smallest absolute Gasteiger partial charge is 0.308 e. The molecule has 0 fully saturated rings. The molecule has 0 amide bonds. The molecule has 0 unspecified atom stereocenters. The Labute approximate surface area is 128 Å². The van der Waals surface area contributed by atoms with Gasteiger partial charge >= 0.3 is 5.97 Å². The van der Waals surface area contributed by atoms with Gasteiger partial charge < -0.3 is 4.74 Å². The maximum Gasteiger partial charge on any atom is 0.308 e. The van der Waals surface area contributed by atoms with Crippen molar-refractivity contribution in [3.05, 3.63) is 72.1 Å². The van der Waals surface area contributed by atoms with Gasteiger partial charge in [0, 0.05) is 24.1 Å². The van der Waals surface area contributed by atoms with Gasteiger partial charge in [-0.15, -0.1) is 0 Å². The lowest BCUT2D eigenvalue weighted by Crippen LogP contribution is -2.02. The van der Waals surface area contributed by atoms with Crippen LogP contribution in [0.3, 0.4) is 0 Å². The minimum Gasteiger partial charge on any atom is -0.426 e. The first-order valence-corrected chi connectivity index (χ1v) is 7.03. The van der Waals surface area contributed by atoms with Crippen LogP contribution in [-0.4, -0.2) is 11.0 Å². The summed E-state index contributed by atoms with van der Waals surface area (Å²) in [6.45, 7) is 1.40. The van der Waals surface area contributed by atoms with E-state index in [1.54, 1.807) is 12.3 Å². The number of hydrogen-bond acceptors (Lipinski definition) is 3. The van der Waals surface area contributed by atoms with Crippen LogP contribution in [0.1, 0.15) is 18.2 Å². The van der Waals surface area contributed by atoms with Crippen molar-refractivity contribution in [2.75, 3.05) is 0 Å². The molecule has 22 heavy (non-hydrogen) atoms. The summed E-state index contributed by atoms with van der Waals surface area (Å²) in [5.74, 6) is 0.218. The summed E-state index contributed by atoms with van der Waals surface area (Å²) in [5.41, 5.74) is 1.73. The molecule has 1 aromatic heterocycles. The number of fused-ring (bicyclic) bond motifs is 1. The number of aromatic nitrogens is 1. The van der Waals surface area contributed by atoms with Crippen LogP contribution in [0.15, 0.2) is 60.8 Å². The highest BCUT2D eigenvalue weighted by Crippen LogP contribution is 2.23. The Morgan fingerprint density at radius 1 is 1.00 bits per heavy atom. The van der Waals surface area contributed by atoms with Crippen molar-refractivity contribution in [3.63, 3.8) is 0 Å². The van der Waals surface area contributed by atoms with Crippen molar-refractivity contribution >= 4 is 28.9 Å². The number of carbonyl (C=O) groups is 1. The second-order valence-corrected chi connectivity index (χ2v) is 4.88. The van der Waals surface area contributed by atoms with Crippen molar-refractivity contribution in [1.29, 1.82) is 0 Å². The highest BCUT2D eigenvalue weighted by Gasteiger charge is 2.03. The minimum absolute atomic E-state index is 0.330. The Hall–Kier alpha value is -2.94. The van der Waals surface area contributed by atoms with E-state index in [1.807, 2.05) is 54.6 Å². The molecule has 0 bridgehead atoms. The first-order chi connectivity index (χ1) is 10.7. The van der Waals surface area contributed by atoms with E-state index in [1.165, 1.54) is 6.92 Å². The molecule has 3 nitrogen and oxygen atoms in total. The Morgan fingerprint density at radius 2 is 1.77 bits per heavy atom. The summed E-state index contributed by atoms with van der Waals surface area (Å²) in [4.78, 5) is 15.6. The largest absolute Gasteiger partial charge is 0.426 e. The molecule has 0 aliphatic heterocycles. The van der Waals surface area contributed by atoms with Crippen molar-refractivity contribution in [2.24, 2.45) is 0 Å². The van der Waals surface area contributed by atoms with Gasteiger partial charge in [0.15, 0.2) is 0 Å². The van der Waals surface area contributed by atoms with E-state index < -0.39 is 0 Å². The number of ether oxygens (including phenoxy) is 1. The van der Waals surface area contributed by atoms with Gasteiger partial charge in [0.25, 0.3) is 0 Å². The fraction of sp³-hybridized carbons (Fsp3) is 0.0526. The number of nitrogens with zero attached hydrogens (tertiary/aromatic N) is 1. The molecule has 0 aliphatic carbocycles. The van der Waals surface area contributed by atoms with Gasteiger partial charge in [-0.25, -0.2) is 0 Å². The molecule has 3 aromatic rings. The zero-order chi connectivity index (χ0) is 15.4. The van der Waals surface area contributed by atoms with E-state index in [-0.39, 0.29) is 5.97 Å². The van der Waals surface area contributed by atoms with Crippen LogP contribution in [0.2, 0.25) is 0 Å². The maximum absolute atomic E-state index is 11.2. The monoisotopic (exact) mass is 289 g/mol. The molecule has 0 spiro atoms. The van der Waals surface area contributed by atoms with E-state index in [9.17, 15) is 4.79 Å². The van der Waals surface area contributed by atoms with Crippen LogP contribution in [0.4, 0.5) is 0 Å². The zero-order valence-electron chi connectivity index (χ0n) is 12.2. The standard InChI is InChI=1S/C19H15NO2/c1-14(21)22-19-9-5-3-7-16(19)10-11-18-17-8-4-2-6-15(17)12-13-20-18/h2-13H,1H3/b11-10+. The maximum atomic E-state index is 11.2. The van der Waals surface area contributed by atoms with Crippen LogP contribution in [-0.2, 0) is 4.79 Å². The van der Waals surface area contributed by atoms with Crippen molar-refractivity contribution in [1.82, 2.24) is 4.98 Å². The molecule has 1 heterocycles. The summed E-state index contributed by atoms with van der Waals surface area (Å²) in [6, 6.07) is 17.5. The number of carbonyl (C=O) groups excluding carboxylic acids is 1. The number of rotatable bonds is 3. The SMILES string of the molecule is CC(=O)Oc1ccccc1/C=C/c1nccc2ccccc12. The molecule has 0 radical (unpaired) electrons. The number of para-hydroxylation sites is 1. The quantitative estimate of drug-likeness (QED) is 0.532. The van der Waals surface area contributed by atoms with Crippen LogP contribution < -0.4 is 4.74 Å². The van der Waals surface area contributed by atoms with Crippen molar-refractivity contribution < 1.29 is 9.53 Å². The third-order valence-corrected chi connectivity index (χ3v) is 3.30. The third-order valence-electron chi connectivity index (χ3n) is 3.30. The van der Waals surface area contributed by atoms with Gasteiger partial charge in [-0.05, 0) is 29.7 Å². The predicted molar refractivity (Wildman–Crippen MR) is 88.4 cm³/mol. The van der Waals surface area contributed by atoms with Crippen molar-refractivity contribution in [3.8, 4) is 5.75 Å². The lowest BCUT2D eigenvalue weighted by molar-refractivity contribution is -0.131. The van der Waals surface area contributed by atoms with Crippen LogP contribution in [0, 0.1) is 0 Å². The van der Waals surface area contributed by atoms with Gasteiger partial charge in [-0.2, -0.15) is 0 Å². The number of benzene rings is 2. The van der Waals surface area contributed by atoms with Crippen LogP contribution >= 0.6 is 0 Å². The van der Waals surface area contributed by atoms with Gasteiger partial charge in [0.1, 0.15) is 5.75 Å². The highest BCUT2D eigenvalue weighted by atomic mass is 16.5. The summed E-state index contributed by atoms with van der Waals surface area (Å²) in [7, 11) is 0. The zero-order valence-corrected chi connectivity index (χ0v) is 12.2. The lowest BCUT2D eigenvalue weighted by atomic mass is 10.1. The first-order valence-electron chi connectivity index (χ1n) is 7.03. The van der Waals surface area contributed by atoms with E-state index in [0.717, 1.165) is 22.0 Å². The molecule has 0 aliphatic rings. The Balaban J connectivity index is 1.99. The van der Waals surface area contributed by atoms with Gasteiger partial charge in [0.2, 0.25) is 0 Å². The summed E-state index contributed by atoms with van der Waals surface area (Å²) >= 11 is 0. The van der Waals surface area contributed by atoms with E-state index in [2.05, 4.69) is 11.1 Å². The molecule has 3 rings (SSSR count). The predicted octanol–water partition coefficient (Wildman–Crippen LogP) is 4.33. The number of pyridine rings is 1. The topological polar surface area (TPSA) is 39.2 Å². The molecule has 3 heteroatoms. The summed E-state index contributed by atoms with van der Waals surface area (Å²) in [6.07, 6.45) is 5.64. The second-order valence-electron chi connectivity index (χ2n) is 4.88. The van der Waals surface area contributed by atoms with Crippen molar-refractivity contribution in [2.45, 2.75) is 6.92 Å². The van der Waals surface area contributed by atoms with Gasteiger partial charge in [-0.1, -0.05) is 42.5 Å². The van der Waals surface area contributed by atoms with Gasteiger partial charge in [-0.3, -0.25) is 9.78 Å². The fourth-order valence-corrected chi connectivity index (χ4v) is 2.31. The molecule has 2 aromatic carbocycles. The molecular formula is C19H15NO2. The van der Waals surface area contributed by atoms with E-state index in [4.69, 9.17) is 4.74 Å². The molecule has 0 saturated heterocycles. The Morgan fingerprint density at radius 3 is 2.64 bits per heavy atom. The summed E-state index contributed by atoms with van der Waals surface area (Å²) in [5, 5.41) is 2.23. The van der Waals surface area contributed by atoms with E-state index >= 15 is 0 Å². The number of hydrogen-bond donors (Lipinski definition) is 0. The van der Waals surface area contributed by atoms with E-state index in [0.29, 0.717) is 5.75 Å². The van der Waals surface area contributed by atoms with Gasteiger partial charge in [0.05, 0.1) is 5.69 Å². The molecule has 0 saturated carbocycles. The highest BCUT2D eigenvalue weighted by molar-refractivity contribution is 5.91. The fourth-order valence-electron chi connectivity index (χ4n) is 2.31. The average molecular weight is 289 g/mol. The lowest BCUT2D eigenvalue weighted by Gasteiger charge is -2.05. The number of esters is 1. The molecule has 0 N–H and O–H groups in total. The summed E-state index contributed by atoms with van der Waals surface area (Å²) < 4.78 is 5.21. The van der Waals surface area contributed by atoms with Crippen LogP contribution in [0.25, 0.3) is 22.9 Å².